The average molecular weight is 426 g/mol. The standard InChI is InChI=1S/C23H27FN4O3/c1-16(22-25-26-23(31-22)18-5-7-19(24)8-6-18)28-12-10-27(11-13-28)15-17-4-9-20(29-2)21(14-17)30-3/h4-9,14,16H,10-13,15H2,1-3H3/t16-/m0/s1. The highest BCUT2D eigenvalue weighted by molar-refractivity contribution is 5.52. The number of benzene rings is 2. The fraction of sp³-hybridized carbons (Fsp3) is 0.391. The summed E-state index contributed by atoms with van der Waals surface area (Å²) in [5.41, 5.74) is 1.91. The van der Waals surface area contributed by atoms with E-state index in [1.165, 1.54) is 17.7 Å². The number of ether oxygens (including phenoxy) is 2. The molecule has 1 aliphatic rings. The first-order chi connectivity index (χ1) is 15.1. The van der Waals surface area contributed by atoms with Gasteiger partial charge in [-0.3, -0.25) is 9.80 Å². The van der Waals surface area contributed by atoms with Crippen LogP contribution in [-0.4, -0.2) is 60.4 Å². The molecule has 31 heavy (non-hydrogen) atoms. The van der Waals surface area contributed by atoms with E-state index in [0.717, 1.165) is 44.2 Å². The molecule has 0 N–H and O–H groups in total. The Kier molecular flexibility index (Phi) is 6.48. The van der Waals surface area contributed by atoms with E-state index in [1.807, 2.05) is 12.1 Å². The first kappa shape index (κ1) is 21.3. The zero-order valence-corrected chi connectivity index (χ0v) is 18.0. The van der Waals surface area contributed by atoms with Crippen molar-refractivity contribution in [2.24, 2.45) is 0 Å². The molecule has 0 unspecified atom stereocenters. The normalized spacial score (nSPS) is 16.3. The summed E-state index contributed by atoms with van der Waals surface area (Å²) in [6, 6.07) is 12.1. The first-order valence-corrected chi connectivity index (χ1v) is 10.3. The summed E-state index contributed by atoms with van der Waals surface area (Å²) in [5.74, 6) is 2.19. The van der Waals surface area contributed by atoms with Crippen LogP contribution in [0.3, 0.4) is 0 Å². The van der Waals surface area contributed by atoms with Gasteiger partial charge in [0.1, 0.15) is 5.82 Å². The van der Waals surface area contributed by atoms with E-state index >= 15 is 0 Å². The number of rotatable bonds is 7. The lowest BCUT2D eigenvalue weighted by Crippen LogP contribution is -2.46. The Hall–Kier alpha value is -2.97. The Morgan fingerprint density at radius 3 is 2.35 bits per heavy atom. The van der Waals surface area contributed by atoms with E-state index < -0.39 is 0 Å². The minimum absolute atomic E-state index is 0.0185. The van der Waals surface area contributed by atoms with Crippen LogP contribution in [0, 0.1) is 5.82 Å². The van der Waals surface area contributed by atoms with Gasteiger partial charge in [-0.1, -0.05) is 6.07 Å². The zero-order valence-electron chi connectivity index (χ0n) is 18.0. The van der Waals surface area contributed by atoms with Crippen molar-refractivity contribution in [1.29, 1.82) is 0 Å². The Morgan fingerprint density at radius 2 is 1.68 bits per heavy atom. The number of nitrogens with zero attached hydrogens (tertiary/aromatic N) is 4. The number of hydrogen-bond donors (Lipinski definition) is 0. The maximum absolute atomic E-state index is 13.1. The van der Waals surface area contributed by atoms with Crippen molar-refractivity contribution >= 4 is 0 Å². The molecule has 2 aromatic carbocycles. The molecule has 8 heteroatoms. The molecule has 2 heterocycles. The van der Waals surface area contributed by atoms with E-state index in [2.05, 4.69) is 33.0 Å². The van der Waals surface area contributed by atoms with Gasteiger partial charge in [0.25, 0.3) is 0 Å². The second-order valence-corrected chi connectivity index (χ2v) is 7.63. The van der Waals surface area contributed by atoms with Crippen molar-refractivity contribution < 1.29 is 18.3 Å². The third-order valence-corrected chi connectivity index (χ3v) is 5.70. The molecule has 0 radical (unpaired) electrons. The predicted octanol–water partition coefficient (Wildman–Crippen LogP) is 3.77. The number of methoxy groups -OCH3 is 2. The highest BCUT2D eigenvalue weighted by atomic mass is 19.1. The molecule has 1 saturated heterocycles. The molecule has 3 aromatic rings. The maximum Gasteiger partial charge on any atom is 0.247 e. The van der Waals surface area contributed by atoms with Gasteiger partial charge in [-0.2, -0.15) is 0 Å². The van der Waals surface area contributed by atoms with Crippen LogP contribution in [0.2, 0.25) is 0 Å². The third kappa shape index (κ3) is 4.86. The second-order valence-electron chi connectivity index (χ2n) is 7.63. The molecule has 1 aliphatic heterocycles. The lowest BCUT2D eigenvalue weighted by atomic mass is 10.1. The van der Waals surface area contributed by atoms with Gasteiger partial charge in [0.15, 0.2) is 11.5 Å². The molecule has 4 rings (SSSR count). The molecular weight excluding hydrogens is 399 g/mol. The van der Waals surface area contributed by atoms with Crippen LogP contribution >= 0.6 is 0 Å². The maximum atomic E-state index is 13.1. The minimum atomic E-state index is -0.289. The van der Waals surface area contributed by atoms with Crippen LogP contribution in [0.15, 0.2) is 46.9 Å². The van der Waals surface area contributed by atoms with Crippen LogP contribution in [-0.2, 0) is 6.54 Å². The summed E-state index contributed by atoms with van der Waals surface area (Å²) in [6.07, 6.45) is 0. The van der Waals surface area contributed by atoms with Crippen molar-refractivity contribution in [3.63, 3.8) is 0 Å². The van der Waals surface area contributed by atoms with Gasteiger partial charge in [-0.05, 0) is 48.9 Å². The van der Waals surface area contributed by atoms with Crippen LogP contribution in [0.5, 0.6) is 11.5 Å². The van der Waals surface area contributed by atoms with Crippen LogP contribution in [0.25, 0.3) is 11.5 Å². The molecule has 0 spiro atoms. The average Bonchev–Trinajstić information content (AvgIpc) is 3.30. The highest BCUT2D eigenvalue weighted by Gasteiger charge is 2.26. The molecule has 164 valence electrons. The summed E-state index contributed by atoms with van der Waals surface area (Å²) in [6.45, 7) is 6.63. The van der Waals surface area contributed by atoms with Crippen molar-refractivity contribution in [2.45, 2.75) is 19.5 Å². The lowest BCUT2D eigenvalue weighted by molar-refractivity contribution is 0.0875. The predicted molar refractivity (Wildman–Crippen MR) is 115 cm³/mol. The van der Waals surface area contributed by atoms with Crippen molar-refractivity contribution in [3.8, 4) is 23.0 Å². The third-order valence-electron chi connectivity index (χ3n) is 5.70. The molecular formula is C23H27FN4O3. The van der Waals surface area contributed by atoms with Crippen LogP contribution < -0.4 is 9.47 Å². The van der Waals surface area contributed by atoms with Gasteiger partial charge in [0, 0.05) is 38.3 Å². The van der Waals surface area contributed by atoms with Gasteiger partial charge in [0.2, 0.25) is 11.8 Å². The summed E-state index contributed by atoms with van der Waals surface area (Å²) < 4.78 is 29.7. The number of halogens is 1. The van der Waals surface area contributed by atoms with Crippen LogP contribution in [0.1, 0.15) is 24.4 Å². The molecule has 0 aliphatic carbocycles. The molecule has 0 saturated carbocycles. The summed E-state index contributed by atoms with van der Waals surface area (Å²) in [5, 5.41) is 8.36. The fourth-order valence-electron chi connectivity index (χ4n) is 3.81. The first-order valence-electron chi connectivity index (χ1n) is 10.3. The monoisotopic (exact) mass is 426 g/mol. The largest absolute Gasteiger partial charge is 0.493 e. The Labute approximate surface area is 181 Å². The Bertz CT molecular complexity index is 1000. The molecule has 1 fully saturated rings. The Balaban J connectivity index is 1.34. The van der Waals surface area contributed by atoms with Gasteiger partial charge in [-0.15, -0.1) is 10.2 Å². The number of aromatic nitrogens is 2. The Morgan fingerprint density at radius 1 is 0.968 bits per heavy atom. The smallest absolute Gasteiger partial charge is 0.247 e. The summed E-state index contributed by atoms with van der Waals surface area (Å²) in [7, 11) is 3.30. The van der Waals surface area contributed by atoms with Crippen molar-refractivity contribution in [3.05, 3.63) is 59.7 Å². The van der Waals surface area contributed by atoms with E-state index in [4.69, 9.17) is 13.9 Å². The molecule has 7 nitrogen and oxygen atoms in total. The fourth-order valence-corrected chi connectivity index (χ4v) is 3.81. The SMILES string of the molecule is COc1ccc(CN2CCN([C@@H](C)c3nnc(-c4ccc(F)cc4)o3)CC2)cc1OC. The van der Waals surface area contributed by atoms with Crippen molar-refractivity contribution in [1.82, 2.24) is 20.0 Å². The van der Waals surface area contributed by atoms with Gasteiger partial charge in [-0.25, -0.2) is 4.39 Å². The number of hydrogen-bond acceptors (Lipinski definition) is 7. The zero-order chi connectivity index (χ0) is 21.8. The lowest BCUT2D eigenvalue weighted by Gasteiger charge is -2.36. The second kappa shape index (κ2) is 9.45. The van der Waals surface area contributed by atoms with E-state index in [9.17, 15) is 4.39 Å². The molecule has 0 bridgehead atoms. The van der Waals surface area contributed by atoms with Gasteiger partial charge < -0.3 is 13.9 Å². The molecule has 1 atom stereocenters. The minimum Gasteiger partial charge on any atom is -0.493 e. The highest BCUT2D eigenvalue weighted by Crippen LogP contribution is 2.29. The number of piperazine rings is 1. The van der Waals surface area contributed by atoms with E-state index in [-0.39, 0.29) is 11.9 Å². The van der Waals surface area contributed by atoms with Crippen molar-refractivity contribution in [2.75, 3.05) is 40.4 Å². The van der Waals surface area contributed by atoms with Crippen LogP contribution in [0.4, 0.5) is 4.39 Å². The summed E-state index contributed by atoms with van der Waals surface area (Å²) in [4.78, 5) is 4.76. The quantitative estimate of drug-likeness (QED) is 0.570. The molecule has 1 aromatic heterocycles. The van der Waals surface area contributed by atoms with E-state index in [1.54, 1.807) is 26.4 Å². The van der Waals surface area contributed by atoms with Gasteiger partial charge in [0.05, 0.1) is 20.3 Å². The van der Waals surface area contributed by atoms with E-state index in [0.29, 0.717) is 17.3 Å². The van der Waals surface area contributed by atoms with Gasteiger partial charge >= 0.3 is 0 Å². The molecule has 0 amide bonds. The summed E-state index contributed by atoms with van der Waals surface area (Å²) >= 11 is 0. The topological polar surface area (TPSA) is 63.9 Å².